The van der Waals surface area contributed by atoms with E-state index in [9.17, 15) is 13.2 Å². The van der Waals surface area contributed by atoms with Crippen LogP contribution in [0.5, 0.6) is 0 Å². The van der Waals surface area contributed by atoms with Gasteiger partial charge in [0.05, 0.1) is 12.4 Å². The average molecular weight is 300 g/mol. The molecule has 0 aliphatic rings. The van der Waals surface area contributed by atoms with E-state index in [1.165, 1.54) is 0 Å². The smallest absolute Gasteiger partial charge is 0.322 e. The molecule has 112 valence electrons. The van der Waals surface area contributed by atoms with Gasteiger partial charge in [-0.05, 0) is 18.4 Å². The molecule has 0 spiro atoms. The number of ether oxygens (including phenoxy) is 1. The number of hydrogen-bond donors (Lipinski definition) is 1. The molecule has 0 heterocycles. The summed E-state index contributed by atoms with van der Waals surface area (Å²) in [6.07, 6.45) is 0.776. The van der Waals surface area contributed by atoms with Crippen LogP contribution >= 0.6 is 0 Å². The Balaban J connectivity index is 2.72. The minimum atomic E-state index is -3.72. The van der Waals surface area contributed by atoms with E-state index in [-0.39, 0.29) is 18.8 Å². The van der Waals surface area contributed by atoms with Crippen molar-refractivity contribution in [1.29, 1.82) is 0 Å². The summed E-state index contributed by atoms with van der Waals surface area (Å²) >= 11 is 0. The van der Waals surface area contributed by atoms with Crippen LogP contribution in [0.1, 0.15) is 18.9 Å². The molecule has 0 radical (unpaired) electrons. The predicted octanol–water partition coefficient (Wildman–Crippen LogP) is 1.52. The van der Waals surface area contributed by atoms with E-state index in [1.807, 2.05) is 6.92 Å². The van der Waals surface area contributed by atoms with Gasteiger partial charge in [-0.25, -0.2) is 8.42 Å². The average Bonchev–Trinajstić information content (AvgIpc) is 2.42. The normalized spacial score (nSPS) is 13.1. The van der Waals surface area contributed by atoms with Crippen molar-refractivity contribution in [2.75, 3.05) is 19.0 Å². The predicted molar refractivity (Wildman–Crippen MR) is 76.5 cm³/mol. The van der Waals surface area contributed by atoms with Crippen LogP contribution in [-0.2, 0) is 25.8 Å². The Labute approximate surface area is 119 Å². The van der Waals surface area contributed by atoms with Gasteiger partial charge in [0.15, 0.2) is 15.1 Å². The zero-order valence-corrected chi connectivity index (χ0v) is 12.3. The first kappa shape index (κ1) is 16.7. The molecule has 1 atom stereocenters. The topological polar surface area (TPSA) is 80.7 Å². The standard InChI is InChI=1S/C14H20O5S/c1-2-8-19-9-10-20(17,18)13(14(15)16)11-12-6-4-3-5-7-12/h3-7,13H,2,8-11H2,1H3,(H,15,16). The van der Waals surface area contributed by atoms with Crippen molar-refractivity contribution in [3.8, 4) is 0 Å². The first-order chi connectivity index (χ1) is 9.47. The van der Waals surface area contributed by atoms with E-state index in [4.69, 9.17) is 9.84 Å². The highest BCUT2D eigenvalue weighted by Crippen LogP contribution is 2.12. The maximum atomic E-state index is 12.1. The first-order valence-electron chi connectivity index (χ1n) is 6.53. The van der Waals surface area contributed by atoms with E-state index in [1.54, 1.807) is 30.3 Å². The maximum absolute atomic E-state index is 12.1. The molecule has 1 N–H and O–H groups in total. The fourth-order valence-electron chi connectivity index (χ4n) is 1.76. The molecular weight excluding hydrogens is 280 g/mol. The Morgan fingerprint density at radius 1 is 1.25 bits per heavy atom. The van der Waals surface area contributed by atoms with Crippen LogP contribution in [0.4, 0.5) is 0 Å². The Hall–Kier alpha value is -1.40. The molecule has 20 heavy (non-hydrogen) atoms. The highest BCUT2D eigenvalue weighted by atomic mass is 32.2. The molecule has 0 saturated heterocycles. The van der Waals surface area contributed by atoms with Gasteiger partial charge in [0.25, 0.3) is 0 Å². The summed E-state index contributed by atoms with van der Waals surface area (Å²) in [5, 5.41) is 7.73. The first-order valence-corrected chi connectivity index (χ1v) is 8.25. The van der Waals surface area contributed by atoms with Crippen molar-refractivity contribution in [3.05, 3.63) is 35.9 Å². The number of sulfone groups is 1. The van der Waals surface area contributed by atoms with Gasteiger partial charge < -0.3 is 9.84 Å². The second-order valence-electron chi connectivity index (χ2n) is 4.50. The molecule has 0 bridgehead atoms. The lowest BCUT2D eigenvalue weighted by atomic mass is 10.1. The molecule has 1 aromatic carbocycles. The molecule has 1 rings (SSSR count). The SMILES string of the molecule is CCCOCCS(=O)(=O)C(Cc1ccccc1)C(=O)O. The lowest BCUT2D eigenvalue weighted by Crippen LogP contribution is -2.35. The summed E-state index contributed by atoms with van der Waals surface area (Å²) in [5.74, 6) is -1.58. The molecule has 0 aromatic heterocycles. The summed E-state index contributed by atoms with van der Waals surface area (Å²) < 4.78 is 29.3. The molecule has 1 aromatic rings. The number of aliphatic carboxylic acids is 1. The molecule has 6 heteroatoms. The number of rotatable bonds is 9. The third kappa shape index (κ3) is 5.30. The Bertz CT molecular complexity index is 510. The van der Waals surface area contributed by atoms with Crippen molar-refractivity contribution in [1.82, 2.24) is 0 Å². The second kappa shape index (κ2) is 8.01. The quantitative estimate of drug-likeness (QED) is 0.699. The van der Waals surface area contributed by atoms with Crippen molar-refractivity contribution in [2.45, 2.75) is 25.0 Å². The monoisotopic (exact) mass is 300 g/mol. The number of hydrogen-bond acceptors (Lipinski definition) is 4. The van der Waals surface area contributed by atoms with Gasteiger partial charge in [0, 0.05) is 6.61 Å². The lowest BCUT2D eigenvalue weighted by molar-refractivity contribution is -0.136. The summed E-state index contributed by atoms with van der Waals surface area (Å²) in [6, 6.07) is 8.75. The summed E-state index contributed by atoms with van der Waals surface area (Å²) in [5.41, 5.74) is 0.693. The van der Waals surface area contributed by atoms with Crippen molar-refractivity contribution < 1.29 is 23.1 Å². The molecule has 0 fully saturated rings. The molecule has 0 saturated carbocycles. The fraction of sp³-hybridized carbons (Fsp3) is 0.500. The largest absolute Gasteiger partial charge is 0.480 e. The zero-order chi connectivity index (χ0) is 15.0. The van der Waals surface area contributed by atoms with Crippen molar-refractivity contribution >= 4 is 15.8 Å². The molecule has 0 amide bonds. The summed E-state index contributed by atoms with van der Waals surface area (Å²) in [4.78, 5) is 11.2. The van der Waals surface area contributed by atoms with Crippen LogP contribution in [0.3, 0.4) is 0 Å². The van der Waals surface area contributed by atoms with Gasteiger partial charge in [-0.15, -0.1) is 0 Å². The van der Waals surface area contributed by atoms with Gasteiger partial charge in [-0.3, -0.25) is 4.79 Å². The summed E-state index contributed by atoms with van der Waals surface area (Å²) in [6.45, 7) is 2.44. The second-order valence-corrected chi connectivity index (χ2v) is 6.80. The number of carbonyl (C=O) groups is 1. The third-order valence-corrected chi connectivity index (χ3v) is 4.80. The minimum absolute atomic E-state index is 0.0215. The third-order valence-electron chi connectivity index (χ3n) is 2.83. The maximum Gasteiger partial charge on any atom is 0.322 e. The van der Waals surface area contributed by atoms with Gasteiger partial charge in [0.2, 0.25) is 0 Å². The zero-order valence-electron chi connectivity index (χ0n) is 11.5. The number of carboxylic acid groups (broad SMARTS) is 1. The van der Waals surface area contributed by atoms with E-state index < -0.39 is 21.1 Å². The lowest BCUT2D eigenvalue weighted by Gasteiger charge is -2.13. The highest BCUT2D eigenvalue weighted by Gasteiger charge is 2.32. The van der Waals surface area contributed by atoms with Crippen LogP contribution in [0.25, 0.3) is 0 Å². The Morgan fingerprint density at radius 2 is 1.90 bits per heavy atom. The number of carboxylic acids is 1. The molecule has 1 unspecified atom stereocenters. The Kier molecular flexibility index (Phi) is 6.67. The highest BCUT2D eigenvalue weighted by molar-refractivity contribution is 7.92. The fourth-order valence-corrected chi connectivity index (χ4v) is 3.15. The van der Waals surface area contributed by atoms with Crippen LogP contribution < -0.4 is 0 Å². The van der Waals surface area contributed by atoms with Gasteiger partial charge in [0.1, 0.15) is 0 Å². The van der Waals surface area contributed by atoms with E-state index >= 15 is 0 Å². The molecule has 0 aliphatic carbocycles. The van der Waals surface area contributed by atoms with Crippen molar-refractivity contribution in [3.63, 3.8) is 0 Å². The molecule has 0 aliphatic heterocycles. The van der Waals surface area contributed by atoms with Crippen molar-refractivity contribution in [2.24, 2.45) is 0 Å². The van der Waals surface area contributed by atoms with Crippen LogP contribution in [0.2, 0.25) is 0 Å². The van der Waals surface area contributed by atoms with Gasteiger partial charge in [-0.1, -0.05) is 37.3 Å². The van der Waals surface area contributed by atoms with Crippen LogP contribution in [-0.4, -0.2) is 43.7 Å². The van der Waals surface area contributed by atoms with Gasteiger partial charge in [-0.2, -0.15) is 0 Å². The number of benzene rings is 1. The molecular formula is C14H20O5S. The van der Waals surface area contributed by atoms with E-state index in [2.05, 4.69) is 0 Å². The minimum Gasteiger partial charge on any atom is -0.480 e. The van der Waals surface area contributed by atoms with Crippen LogP contribution in [0, 0.1) is 0 Å². The van der Waals surface area contributed by atoms with Gasteiger partial charge >= 0.3 is 5.97 Å². The molecule has 5 nitrogen and oxygen atoms in total. The summed E-state index contributed by atoms with van der Waals surface area (Å²) in [7, 11) is -3.72. The Morgan fingerprint density at radius 3 is 2.45 bits per heavy atom. The van der Waals surface area contributed by atoms with Crippen LogP contribution in [0.15, 0.2) is 30.3 Å². The van der Waals surface area contributed by atoms with E-state index in [0.29, 0.717) is 12.2 Å². The van der Waals surface area contributed by atoms with E-state index in [0.717, 1.165) is 6.42 Å².